The molecule has 1 fully saturated rings. The minimum Gasteiger partial charge on any atom is -0.478 e. The Bertz CT molecular complexity index is 1460. The van der Waals surface area contributed by atoms with E-state index in [9.17, 15) is 22.8 Å². The first-order valence-electron chi connectivity index (χ1n) is 14.4. The van der Waals surface area contributed by atoms with Gasteiger partial charge in [0, 0.05) is 56.0 Å². The van der Waals surface area contributed by atoms with Crippen LogP contribution in [0.2, 0.25) is 0 Å². The van der Waals surface area contributed by atoms with Crippen molar-refractivity contribution in [3.63, 3.8) is 0 Å². The Morgan fingerprint density at radius 1 is 0.818 bits per heavy atom. The summed E-state index contributed by atoms with van der Waals surface area (Å²) in [4.78, 5) is 31.9. The summed E-state index contributed by atoms with van der Waals surface area (Å²) in [6, 6.07) is 18.4. The van der Waals surface area contributed by atoms with Crippen molar-refractivity contribution in [1.82, 2.24) is 9.80 Å². The second kappa shape index (κ2) is 14.4. The molecule has 2 aliphatic heterocycles. The third-order valence-electron chi connectivity index (χ3n) is 7.39. The number of esters is 2. The number of hydrogen-bond acceptors (Lipinski definition) is 9. The van der Waals surface area contributed by atoms with Crippen LogP contribution in [0.25, 0.3) is 0 Å². The average Bonchev–Trinajstić information content (AvgIpc) is 3.00. The molecule has 5 rings (SSSR count). The Labute approximate surface area is 258 Å². The summed E-state index contributed by atoms with van der Waals surface area (Å²) < 4.78 is 56.4. The van der Waals surface area contributed by atoms with Gasteiger partial charge in [-0.25, -0.2) is 4.79 Å². The first kappa shape index (κ1) is 31.7. The second-order valence-corrected chi connectivity index (χ2v) is 11.6. The topological polar surface area (TPSA) is 71.5 Å². The van der Waals surface area contributed by atoms with Gasteiger partial charge in [-0.15, -0.1) is 0 Å². The van der Waals surface area contributed by atoms with Gasteiger partial charge < -0.3 is 24.0 Å². The Morgan fingerprint density at radius 2 is 1.48 bits per heavy atom. The summed E-state index contributed by atoms with van der Waals surface area (Å²) in [5, 5.41) is 0. The Hall–Kier alpha value is -3.74. The van der Waals surface area contributed by atoms with Crippen LogP contribution >= 0.6 is 11.8 Å². The number of benzene rings is 3. The van der Waals surface area contributed by atoms with Crippen molar-refractivity contribution < 1.29 is 37.0 Å². The Morgan fingerprint density at radius 3 is 2.20 bits per heavy atom. The lowest BCUT2D eigenvalue weighted by atomic mass is 10.1. The van der Waals surface area contributed by atoms with E-state index in [-0.39, 0.29) is 24.7 Å². The number of anilines is 2. The van der Waals surface area contributed by atoms with E-state index >= 15 is 0 Å². The van der Waals surface area contributed by atoms with Gasteiger partial charge in [0.25, 0.3) is 0 Å². The number of carbonyl (C=O) groups excluding carboxylic acids is 2. The van der Waals surface area contributed by atoms with Crippen molar-refractivity contribution in [3.8, 4) is 11.5 Å². The van der Waals surface area contributed by atoms with Crippen molar-refractivity contribution in [2.75, 3.05) is 63.9 Å². The van der Waals surface area contributed by atoms with Gasteiger partial charge in [-0.05, 0) is 55.4 Å². The molecular formula is C32H34F3N3O5S. The summed E-state index contributed by atoms with van der Waals surface area (Å²) in [5.41, 5.74) is 0.893. The van der Waals surface area contributed by atoms with E-state index in [1.54, 1.807) is 30.3 Å². The predicted octanol–water partition coefficient (Wildman–Crippen LogP) is 5.86. The number of hydrogen-bond donors (Lipinski definition) is 0. The highest BCUT2D eigenvalue weighted by molar-refractivity contribution is 7.99. The van der Waals surface area contributed by atoms with Gasteiger partial charge >= 0.3 is 18.1 Å². The molecule has 0 amide bonds. The van der Waals surface area contributed by atoms with Gasteiger partial charge in [0.05, 0.1) is 16.9 Å². The van der Waals surface area contributed by atoms with Crippen molar-refractivity contribution in [2.24, 2.45) is 0 Å². The molecule has 234 valence electrons. The van der Waals surface area contributed by atoms with E-state index in [0.717, 1.165) is 60.7 Å². The summed E-state index contributed by atoms with van der Waals surface area (Å²) >= 11 is 1.50. The quantitative estimate of drug-likeness (QED) is 0.192. The first-order chi connectivity index (χ1) is 21.2. The zero-order valence-electron chi connectivity index (χ0n) is 24.3. The number of piperazine rings is 1. The Kier molecular flexibility index (Phi) is 10.3. The van der Waals surface area contributed by atoms with Crippen molar-refractivity contribution in [1.29, 1.82) is 0 Å². The number of alkyl halides is 3. The highest BCUT2D eigenvalue weighted by atomic mass is 32.2. The third kappa shape index (κ3) is 8.25. The minimum atomic E-state index is -4.40. The van der Waals surface area contributed by atoms with Gasteiger partial charge in [0.1, 0.15) is 6.61 Å². The number of ether oxygens (including phenoxy) is 3. The molecule has 2 heterocycles. The Balaban J connectivity index is 1.04. The van der Waals surface area contributed by atoms with E-state index in [0.29, 0.717) is 18.8 Å². The smallest absolute Gasteiger partial charge is 0.416 e. The maximum Gasteiger partial charge on any atom is 0.416 e. The average molecular weight is 630 g/mol. The molecule has 0 N–H and O–H groups in total. The molecule has 3 aromatic carbocycles. The largest absolute Gasteiger partial charge is 0.478 e. The molecule has 12 heteroatoms. The highest BCUT2D eigenvalue weighted by Gasteiger charge is 2.33. The third-order valence-corrected chi connectivity index (χ3v) is 8.52. The summed E-state index contributed by atoms with van der Waals surface area (Å²) in [6.07, 6.45) is -3.60. The van der Waals surface area contributed by atoms with Gasteiger partial charge in [0.2, 0.25) is 0 Å². The van der Waals surface area contributed by atoms with E-state index in [4.69, 9.17) is 14.2 Å². The molecule has 44 heavy (non-hydrogen) atoms. The SMILES string of the molecule is CC(=O)Oc1ccccc1OCC(=O)OCCN1CCN(CCCN2c3ccccc3Sc3ccc(C(F)(F)F)cc32)CC1. The zero-order valence-corrected chi connectivity index (χ0v) is 25.2. The van der Waals surface area contributed by atoms with E-state index in [1.807, 2.05) is 29.2 Å². The van der Waals surface area contributed by atoms with Crippen molar-refractivity contribution in [3.05, 3.63) is 72.3 Å². The lowest BCUT2D eigenvalue weighted by Crippen LogP contribution is -2.47. The predicted molar refractivity (Wildman–Crippen MR) is 161 cm³/mol. The monoisotopic (exact) mass is 629 g/mol. The minimum absolute atomic E-state index is 0.236. The van der Waals surface area contributed by atoms with Crippen LogP contribution in [0.4, 0.5) is 24.5 Å². The highest BCUT2D eigenvalue weighted by Crippen LogP contribution is 2.49. The number of fused-ring (bicyclic) bond motifs is 2. The summed E-state index contributed by atoms with van der Waals surface area (Å²) in [7, 11) is 0. The molecule has 2 aliphatic rings. The number of nitrogens with zero attached hydrogens (tertiary/aromatic N) is 3. The fourth-order valence-corrected chi connectivity index (χ4v) is 6.29. The van der Waals surface area contributed by atoms with Crippen LogP contribution < -0.4 is 14.4 Å². The molecule has 8 nitrogen and oxygen atoms in total. The second-order valence-electron chi connectivity index (χ2n) is 10.5. The molecule has 0 bridgehead atoms. The molecular weight excluding hydrogens is 595 g/mol. The molecule has 0 radical (unpaired) electrons. The van der Waals surface area contributed by atoms with Crippen LogP contribution in [0.5, 0.6) is 11.5 Å². The number of rotatable bonds is 11. The molecule has 0 aliphatic carbocycles. The fraction of sp³-hybridized carbons (Fsp3) is 0.375. The van der Waals surface area contributed by atoms with Crippen LogP contribution in [-0.2, 0) is 20.5 Å². The molecule has 0 saturated carbocycles. The molecule has 0 aromatic heterocycles. The van der Waals surface area contributed by atoms with Crippen molar-refractivity contribution >= 4 is 35.1 Å². The van der Waals surface area contributed by atoms with Crippen LogP contribution in [-0.4, -0.2) is 80.8 Å². The van der Waals surface area contributed by atoms with E-state index in [1.165, 1.54) is 24.8 Å². The fourth-order valence-electron chi connectivity index (χ4n) is 5.21. The van der Waals surface area contributed by atoms with Crippen molar-refractivity contribution in [2.45, 2.75) is 29.3 Å². The number of para-hydroxylation sites is 3. The maximum absolute atomic E-state index is 13.5. The molecule has 0 unspecified atom stereocenters. The van der Waals surface area contributed by atoms with Crippen LogP contribution in [0.15, 0.2) is 76.5 Å². The van der Waals surface area contributed by atoms with Gasteiger partial charge in [-0.3, -0.25) is 9.69 Å². The molecule has 3 aromatic rings. The van der Waals surface area contributed by atoms with Gasteiger partial charge in [0.15, 0.2) is 18.1 Å². The van der Waals surface area contributed by atoms with E-state index in [2.05, 4.69) is 9.80 Å². The molecule has 1 saturated heterocycles. The van der Waals surface area contributed by atoms with Crippen LogP contribution in [0.1, 0.15) is 18.9 Å². The van der Waals surface area contributed by atoms with E-state index < -0.39 is 23.7 Å². The lowest BCUT2D eigenvalue weighted by molar-refractivity contribution is -0.146. The normalized spacial score (nSPS) is 15.3. The van der Waals surface area contributed by atoms with Crippen LogP contribution in [0.3, 0.4) is 0 Å². The summed E-state index contributed by atoms with van der Waals surface area (Å²) in [5.74, 6) is -0.465. The molecule has 0 atom stereocenters. The summed E-state index contributed by atoms with van der Waals surface area (Å²) in [6.45, 7) is 6.62. The number of halogens is 3. The van der Waals surface area contributed by atoms with Gasteiger partial charge in [-0.1, -0.05) is 36.0 Å². The first-order valence-corrected chi connectivity index (χ1v) is 15.3. The zero-order chi connectivity index (χ0) is 31.1. The lowest BCUT2D eigenvalue weighted by Gasteiger charge is -2.36. The maximum atomic E-state index is 13.5. The number of carbonyl (C=O) groups is 2. The van der Waals surface area contributed by atoms with Gasteiger partial charge in [-0.2, -0.15) is 13.2 Å². The molecule has 0 spiro atoms. The van der Waals surface area contributed by atoms with Crippen LogP contribution in [0, 0.1) is 0 Å². The standard InChI is InChI=1S/C32H34F3N3O5S/c1-23(39)43-28-9-4-3-8-27(28)42-22-31(40)41-20-19-37-17-15-36(16-18-37)13-6-14-38-25-7-2-5-10-29(25)44-30-12-11-24(21-26(30)38)32(33,34)35/h2-5,7-12,21H,6,13-20,22H2,1H3.